The maximum Gasteiger partial charge on any atom is 0.255 e. The van der Waals surface area contributed by atoms with Crippen molar-refractivity contribution in [2.45, 2.75) is 13.8 Å². The van der Waals surface area contributed by atoms with Gasteiger partial charge in [-0.15, -0.1) is 0 Å². The second-order valence-corrected chi connectivity index (χ2v) is 6.98. The van der Waals surface area contributed by atoms with Crippen LogP contribution in [0.4, 0.5) is 5.69 Å². The number of carbonyl (C=O) groups is 1. The van der Waals surface area contributed by atoms with Crippen LogP contribution in [0, 0.1) is 17.4 Å². The number of hydrogen-bond donors (Lipinski definition) is 1. The third-order valence-corrected chi connectivity index (χ3v) is 4.15. The normalized spacial score (nSPS) is 10.4. The van der Waals surface area contributed by atoms with Crippen LogP contribution in [0.1, 0.15) is 21.6 Å². The van der Waals surface area contributed by atoms with Gasteiger partial charge in [-0.05, 0) is 72.8 Å². The molecule has 2 aromatic carbocycles. The van der Waals surface area contributed by atoms with Crippen LogP contribution in [0.25, 0.3) is 0 Å². The van der Waals surface area contributed by atoms with Crippen LogP contribution in [-0.4, -0.2) is 10.9 Å². The van der Waals surface area contributed by atoms with Crippen molar-refractivity contribution in [1.29, 1.82) is 0 Å². The molecule has 1 heterocycles. The standard InChI is InChI=1S/C20H17IN2O2/c1-13-4-3-5-15(8-13)20(24)23-17-9-16(21)10-19(11-17)25-18-7-6-14(2)22-12-18/h3-12H,1-2H3,(H,23,24). The summed E-state index contributed by atoms with van der Waals surface area (Å²) in [7, 11) is 0. The molecule has 3 rings (SSSR count). The van der Waals surface area contributed by atoms with E-state index < -0.39 is 0 Å². The van der Waals surface area contributed by atoms with Crippen LogP contribution in [0.5, 0.6) is 11.5 Å². The Labute approximate surface area is 160 Å². The van der Waals surface area contributed by atoms with Crippen LogP contribution in [0.3, 0.4) is 0 Å². The van der Waals surface area contributed by atoms with Crippen LogP contribution >= 0.6 is 22.6 Å². The quantitative estimate of drug-likeness (QED) is 0.553. The fourth-order valence-corrected chi connectivity index (χ4v) is 2.98. The number of hydrogen-bond acceptors (Lipinski definition) is 3. The average Bonchev–Trinajstić information content (AvgIpc) is 2.56. The maximum atomic E-state index is 12.4. The monoisotopic (exact) mass is 444 g/mol. The minimum atomic E-state index is -0.145. The second-order valence-electron chi connectivity index (χ2n) is 5.74. The first-order valence-corrected chi connectivity index (χ1v) is 8.86. The molecular formula is C20H17IN2O2. The van der Waals surface area contributed by atoms with Gasteiger partial charge in [0.1, 0.15) is 11.5 Å². The van der Waals surface area contributed by atoms with Gasteiger partial charge in [-0.2, -0.15) is 0 Å². The van der Waals surface area contributed by atoms with Gasteiger partial charge in [-0.1, -0.05) is 17.7 Å². The molecule has 1 aromatic heterocycles. The van der Waals surface area contributed by atoms with Gasteiger partial charge in [0.2, 0.25) is 0 Å². The average molecular weight is 444 g/mol. The van der Waals surface area contributed by atoms with E-state index in [4.69, 9.17) is 4.74 Å². The third-order valence-electron chi connectivity index (χ3n) is 3.53. The van der Waals surface area contributed by atoms with Crippen LogP contribution in [0.15, 0.2) is 60.8 Å². The minimum absolute atomic E-state index is 0.145. The molecule has 0 saturated heterocycles. The first-order chi connectivity index (χ1) is 12.0. The highest BCUT2D eigenvalue weighted by Gasteiger charge is 2.08. The maximum absolute atomic E-state index is 12.4. The summed E-state index contributed by atoms with van der Waals surface area (Å²) in [5.41, 5.74) is 3.30. The van der Waals surface area contributed by atoms with E-state index in [2.05, 4.69) is 32.9 Å². The fourth-order valence-electron chi connectivity index (χ4n) is 2.33. The van der Waals surface area contributed by atoms with E-state index in [-0.39, 0.29) is 5.91 Å². The zero-order chi connectivity index (χ0) is 17.8. The lowest BCUT2D eigenvalue weighted by Crippen LogP contribution is -2.12. The smallest absolute Gasteiger partial charge is 0.255 e. The molecule has 0 unspecified atom stereocenters. The highest BCUT2D eigenvalue weighted by atomic mass is 127. The highest BCUT2D eigenvalue weighted by molar-refractivity contribution is 14.1. The zero-order valence-electron chi connectivity index (χ0n) is 13.9. The van der Waals surface area contributed by atoms with Gasteiger partial charge in [0.05, 0.1) is 6.20 Å². The Morgan fingerprint density at radius 3 is 2.60 bits per heavy atom. The summed E-state index contributed by atoms with van der Waals surface area (Å²) < 4.78 is 6.81. The molecule has 126 valence electrons. The number of aryl methyl sites for hydroxylation is 2. The Balaban J connectivity index is 1.79. The number of benzene rings is 2. The summed E-state index contributed by atoms with van der Waals surface area (Å²) in [4.78, 5) is 16.6. The Bertz CT molecular complexity index is 908. The van der Waals surface area contributed by atoms with Crippen molar-refractivity contribution in [1.82, 2.24) is 4.98 Å². The van der Waals surface area contributed by atoms with Gasteiger partial charge in [0, 0.05) is 26.6 Å². The molecule has 0 aliphatic heterocycles. The van der Waals surface area contributed by atoms with Crippen molar-refractivity contribution in [2.24, 2.45) is 0 Å². The van der Waals surface area contributed by atoms with Crippen LogP contribution in [0.2, 0.25) is 0 Å². The van der Waals surface area contributed by atoms with Crippen LogP contribution in [-0.2, 0) is 0 Å². The summed E-state index contributed by atoms with van der Waals surface area (Å²) >= 11 is 2.20. The van der Waals surface area contributed by atoms with E-state index in [0.29, 0.717) is 22.7 Å². The second kappa shape index (κ2) is 7.65. The molecule has 0 aliphatic rings. The molecule has 3 aromatic rings. The summed E-state index contributed by atoms with van der Waals surface area (Å²) in [5.74, 6) is 1.16. The third kappa shape index (κ3) is 4.79. The molecule has 5 heteroatoms. The van der Waals surface area contributed by atoms with Crippen molar-refractivity contribution in [3.05, 3.63) is 81.2 Å². The lowest BCUT2D eigenvalue weighted by molar-refractivity contribution is 0.102. The van der Waals surface area contributed by atoms with Gasteiger partial charge >= 0.3 is 0 Å². The lowest BCUT2D eigenvalue weighted by atomic mass is 10.1. The van der Waals surface area contributed by atoms with Crippen molar-refractivity contribution in [3.63, 3.8) is 0 Å². The van der Waals surface area contributed by atoms with E-state index >= 15 is 0 Å². The number of aromatic nitrogens is 1. The number of halogens is 1. The number of nitrogens with zero attached hydrogens (tertiary/aromatic N) is 1. The molecule has 25 heavy (non-hydrogen) atoms. The van der Waals surface area contributed by atoms with E-state index in [1.54, 1.807) is 18.3 Å². The predicted molar refractivity (Wildman–Crippen MR) is 107 cm³/mol. The zero-order valence-corrected chi connectivity index (χ0v) is 16.1. The predicted octanol–water partition coefficient (Wildman–Crippen LogP) is 5.35. The number of amides is 1. The molecular weight excluding hydrogens is 427 g/mol. The van der Waals surface area contributed by atoms with E-state index in [1.807, 2.05) is 56.3 Å². The Kier molecular flexibility index (Phi) is 5.33. The van der Waals surface area contributed by atoms with Crippen molar-refractivity contribution < 1.29 is 9.53 Å². The molecule has 0 atom stereocenters. The van der Waals surface area contributed by atoms with Gasteiger partial charge in [-0.25, -0.2) is 0 Å². The van der Waals surface area contributed by atoms with Gasteiger partial charge in [0.25, 0.3) is 5.91 Å². The van der Waals surface area contributed by atoms with E-state index in [1.165, 1.54) is 0 Å². The molecule has 0 spiro atoms. The molecule has 1 amide bonds. The van der Waals surface area contributed by atoms with Crippen molar-refractivity contribution >= 4 is 34.2 Å². The number of nitrogens with one attached hydrogen (secondary N) is 1. The number of carbonyl (C=O) groups excluding carboxylic acids is 1. The van der Waals surface area contributed by atoms with Gasteiger partial charge < -0.3 is 10.1 Å². The Hall–Kier alpha value is -2.41. The number of anilines is 1. The molecule has 0 aliphatic carbocycles. The largest absolute Gasteiger partial charge is 0.456 e. The van der Waals surface area contributed by atoms with Crippen LogP contribution < -0.4 is 10.1 Å². The molecule has 0 fully saturated rings. The SMILES string of the molecule is Cc1cccc(C(=O)Nc2cc(I)cc(Oc3ccc(C)nc3)c2)c1. The Morgan fingerprint density at radius 2 is 1.88 bits per heavy atom. The minimum Gasteiger partial charge on any atom is -0.456 e. The molecule has 0 saturated carbocycles. The number of rotatable bonds is 4. The summed E-state index contributed by atoms with van der Waals surface area (Å²) in [6, 6.07) is 16.9. The first-order valence-electron chi connectivity index (χ1n) is 7.79. The van der Waals surface area contributed by atoms with E-state index in [9.17, 15) is 4.79 Å². The van der Waals surface area contributed by atoms with E-state index in [0.717, 1.165) is 14.8 Å². The first kappa shape index (κ1) is 17.4. The summed E-state index contributed by atoms with van der Waals surface area (Å²) in [6.45, 7) is 3.89. The molecule has 0 bridgehead atoms. The van der Waals surface area contributed by atoms with Gasteiger partial charge in [0.15, 0.2) is 0 Å². The Morgan fingerprint density at radius 1 is 1.04 bits per heavy atom. The summed E-state index contributed by atoms with van der Waals surface area (Å²) in [6.07, 6.45) is 1.68. The number of ether oxygens (including phenoxy) is 1. The van der Waals surface area contributed by atoms with Gasteiger partial charge in [-0.3, -0.25) is 9.78 Å². The fraction of sp³-hybridized carbons (Fsp3) is 0.100. The molecule has 1 N–H and O–H groups in total. The molecule has 4 nitrogen and oxygen atoms in total. The highest BCUT2D eigenvalue weighted by Crippen LogP contribution is 2.27. The number of pyridine rings is 1. The lowest BCUT2D eigenvalue weighted by Gasteiger charge is -2.10. The topological polar surface area (TPSA) is 51.2 Å². The van der Waals surface area contributed by atoms with Crippen molar-refractivity contribution in [2.75, 3.05) is 5.32 Å². The summed E-state index contributed by atoms with van der Waals surface area (Å²) in [5, 5.41) is 2.92. The molecule has 0 radical (unpaired) electrons. The van der Waals surface area contributed by atoms with Crippen molar-refractivity contribution in [3.8, 4) is 11.5 Å².